The fourth-order valence-corrected chi connectivity index (χ4v) is 3.17. The Morgan fingerprint density at radius 1 is 1.29 bits per heavy atom. The predicted molar refractivity (Wildman–Crippen MR) is 93.6 cm³/mol. The maximum Gasteiger partial charge on any atom is 0.257 e. The summed E-state index contributed by atoms with van der Waals surface area (Å²) in [4.78, 5) is 4.47. The number of aromatic nitrogens is 2. The standard InChI is InChI=1S/C19H27N3O2/c1-3-5-18-21-19(24-22-18)17-7-4-6-15(12-17)13-20-14(2)16-8-10-23-11-9-16/h4,6-7,12,14,16,20H,3,5,8-11,13H2,1-2H3/t14-/m0/s1. The van der Waals surface area contributed by atoms with Crippen molar-refractivity contribution in [3.63, 3.8) is 0 Å². The Morgan fingerprint density at radius 3 is 2.92 bits per heavy atom. The number of benzene rings is 1. The van der Waals surface area contributed by atoms with Crippen molar-refractivity contribution in [3.8, 4) is 11.5 Å². The van der Waals surface area contributed by atoms with E-state index in [1.165, 1.54) is 5.56 Å². The minimum absolute atomic E-state index is 0.497. The third kappa shape index (κ3) is 4.42. The highest BCUT2D eigenvalue weighted by Gasteiger charge is 2.20. The van der Waals surface area contributed by atoms with Crippen LogP contribution in [0.25, 0.3) is 11.5 Å². The highest BCUT2D eigenvalue weighted by molar-refractivity contribution is 5.54. The molecule has 1 aliphatic heterocycles. The topological polar surface area (TPSA) is 60.2 Å². The van der Waals surface area contributed by atoms with E-state index in [0.29, 0.717) is 17.9 Å². The molecule has 0 bridgehead atoms. The SMILES string of the molecule is CCCc1noc(-c2cccc(CN[C@@H](C)C3CCOCC3)c2)n1. The zero-order valence-corrected chi connectivity index (χ0v) is 14.6. The van der Waals surface area contributed by atoms with Crippen LogP contribution in [0.3, 0.4) is 0 Å². The molecule has 1 N–H and O–H groups in total. The van der Waals surface area contributed by atoms with Gasteiger partial charge >= 0.3 is 0 Å². The largest absolute Gasteiger partial charge is 0.381 e. The van der Waals surface area contributed by atoms with E-state index < -0.39 is 0 Å². The molecule has 1 saturated heterocycles. The van der Waals surface area contributed by atoms with Gasteiger partial charge in [0.05, 0.1) is 0 Å². The third-order valence-electron chi connectivity index (χ3n) is 4.72. The number of nitrogens with zero attached hydrogens (tertiary/aromatic N) is 2. The maximum atomic E-state index is 5.45. The summed E-state index contributed by atoms with van der Waals surface area (Å²) in [6, 6.07) is 8.84. The lowest BCUT2D eigenvalue weighted by Crippen LogP contribution is -2.36. The molecule has 1 aromatic heterocycles. The number of hydrogen-bond donors (Lipinski definition) is 1. The Labute approximate surface area is 143 Å². The molecule has 1 aromatic carbocycles. The van der Waals surface area contributed by atoms with Gasteiger partial charge in [-0.25, -0.2) is 0 Å². The number of hydrogen-bond acceptors (Lipinski definition) is 5. The lowest BCUT2D eigenvalue weighted by Gasteiger charge is -2.28. The summed E-state index contributed by atoms with van der Waals surface area (Å²) in [5.41, 5.74) is 2.23. The minimum atomic E-state index is 0.497. The Balaban J connectivity index is 1.60. The average Bonchev–Trinajstić information content (AvgIpc) is 3.10. The number of aryl methyl sites for hydroxylation is 1. The molecular formula is C19H27N3O2. The van der Waals surface area contributed by atoms with E-state index in [9.17, 15) is 0 Å². The molecule has 1 aliphatic rings. The first kappa shape index (κ1) is 17.1. The zero-order chi connectivity index (χ0) is 16.8. The lowest BCUT2D eigenvalue weighted by atomic mass is 9.93. The molecule has 0 unspecified atom stereocenters. The Kier molecular flexibility index (Phi) is 5.99. The molecule has 0 saturated carbocycles. The normalized spacial score (nSPS) is 17.1. The molecule has 1 atom stereocenters. The minimum Gasteiger partial charge on any atom is -0.381 e. The summed E-state index contributed by atoms with van der Waals surface area (Å²) in [7, 11) is 0. The Hall–Kier alpha value is -1.72. The van der Waals surface area contributed by atoms with Crippen LogP contribution in [0.2, 0.25) is 0 Å². The molecule has 2 aromatic rings. The molecule has 5 heteroatoms. The molecule has 2 heterocycles. The summed E-state index contributed by atoms with van der Waals surface area (Å²) >= 11 is 0. The average molecular weight is 329 g/mol. The molecule has 5 nitrogen and oxygen atoms in total. The zero-order valence-electron chi connectivity index (χ0n) is 14.6. The molecule has 0 radical (unpaired) electrons. The first-order valence-corrected chi connectivity index (χ1v) is 8.99. The first-order chi connectivity index (χ1) is 11.8. The van der Waals surface area contributed by atoms with E-state index >= 15 is 0 Å². The van der Waals surface area contributed by atoms with Gasteiger partial charge in [-0.1, -0.05) is 24.2 Å². The predicted octanol–water partition coefficient (Wildman–Crippen LogP) is 3.59. The Morgan fingerprint density at radius 2 is 2.12 bits per heavy atom. The second-order valence-corrected chi connectivity index (χ2v) is 6.59. The highest BCUT2D eigenvalue weighted by atomic mass is 16.5. The Bertz CT molecular complexity index is 635. The van der Waals surface area contributed by atoms with Crippen molar-refractivity contribution in [1.82, 2.24) is 15.5 Å². The van der Waals surface area contributed by atoms with Crippen molar-refractivity contribution in [2.45, 2.75) is 52.1 Å². The van der Waals surface area contributed by atoms with Gasteiger partial charge in [-0.05, 0) is 49.8 Å². The summed E-state index contributed by atoms with van der Waals surface area (Å²) in [6.45, 7) is 7.02. The smallest absolute Gasteiger partial charge is 0.257 e. The quantitative estimate of drug-likeness (QED) is 0.841. The van der Waals surface area contributed by atoms with Crippen LogP contribution in [0, 0.1) is 5.92 Å². The van der Waals surface area contributed by atoms with Crippen molar-refractivity contribution in [3.05, 3.63) is 35.7 Å². The van der Waals surface area contributed by atoms with Crippen LogP contribution in [0.1, 0.15) is 44.5 Å². The van der Waals surface area contributed by atoms with Gasteiger partial charge in [0.2, 0.25) is 0 Å². The van der Waals surface area contributed by atoms with Gasteiger partial charge in [-0.15, -0.1) is 0 Å². The van der Waals surface area contributed by atoms with Crippen LogP contribution >= 0.6 is 0 Å². The van der Waals surface area contributed by atoms with Crippen LogP contribution in [0.4, 0.5) is 0 Å². The van der Waals surface area contributed by atoms with Crippen molar-refractivity contribution in [1.29, 1.82) is 0 Å². The van der Waals surface area contributed by atoms with E-state index in [4.69, 9.17) is 9.26 Å². The summed E-state index contributed by atoms with van der Waals surface area (Å²) in [5, 5.41) is 7.68. The summed E-state index contributed by atoms with van der Waals surface area (Å²) in [5.74, 6) is 2.09. The van der Waals surface area contributed by atoms with Gasteiger partial charge in [0.15, 0.2) is 5.82 Å². The van der Waals surface area contributed by atoms with E-state index in [-0.39, 0.29) is 0 Å². The van der Waals surface area contributed by atoms with E-state index in [1.54, 1.807) is 0 Å². The van der Waals surface area contributed by atoms with Gasteiger partial charge in [0, 0.05) is 37.8 Å². The molecule has 0 aliphatic carbocycles. The molecule has 3 rings (SSSR count). The van der Waals surface area contributed by atoms with Crippen LogP contribution in [-0.2, 0) is 17.7 Å². The van der Waals surface area contributed by atoms with E-state index in [2.05, 4.69) is 47.5 Å². The molecule has 0 amide bonds. The van der Waals surface area contributed by atoms with Crippen molar-refractivity contribution >= 4 is 0 Å². The molecule has 130 valence electrons. The molecule has 1 fully saturated rings. The van der Waals surface area contributed by atoms with Gasteiger partial charge in [0.1, 0.15) is 0 Å². The summed E-state index contributed by atoms with van der Waals surface area (Å²) < 4.78 is 10.8. The van der Waals surface area contributed by atoms with Crippen LogP contribution in [-0.4, -0.2) is 29.4 Å². The van der Waals surface area contributed by atoms with Crippen LogP contribution in [0.15, 0.2) is 28.8 Å². The van der Waals surface area contributed by atoms with Crippen molar-refractivity contribution in [2.24, 2.45) is 5.92 Å². The van der Waals surface area contributed by atoms with E-state index in [1.807, 2.05) is 6.07 Å². The fourth-order valence-electron chi connectivity index (χ4n) is 3.17. The first-order valence-electron chi connectivity index (χ1n) is 8.99. The van der Waals surface area contributed by atoms with E-state index in [0.717, 1.165) is 56.8 Å². The lowest BCUT2D eigenvalue weighted by molar-refractivity contribution is 0.0558. The number of ether oxygens (including phenoxy) is 1. The maximum absolute atomic E-state index is 5.45. The van der Waals surface area contributed by atoms with Crippen molar-refractivity contribution < 1.29 is 9.26 Å². The monoisotopic (exact) mass is 329 g/mol. The molecular weight excluding hydrogens is 302 g/mol. The molecule has 24 heavy (non-hydrogen) atoms. The highest BCUT2D eigenvalue weighted by Crippen LogP contribution is 2.21. The fraction of sp³-hybridized carbons (Fsp3) is 0.579. The van der Waals surface area contributed by atoms with Gasteiger partial charge in [-0.2, -0.15) is 4.98 Å². The van der Waals surface area contributed by atoms with Crippen LogP contribution < -0.4 is 5.32 Å². The third-order valence-corrected chi connectivity index (χ3v) is 4.72. The second kappa shape index (κ2) is 8.40. The van der Waals surface area contributed by atoms with Gasteiger partial charge in [-0.3, -0.25) is 0 Å². The summed E-state index contributed by atoms with van der Waals surface area (Å²) in [6.07, 6.45) is 4.17. The van der Waals surface area contributed by atoms with Gasteiger partial charge in [0.25, 0.3) is 5.89 Å². The van der Waals surface area contributed by atoms with Gasteiger partial charge < -0.3 is 14.6 Å². The number of nitrogens with one attached hydrogen (secondary N) is 1. The second-order valence-electron chi connectivity index (χ2n) is 6.59. The van der Waals surface area contributed by atoms with Crippen LogP contribution in [0.5, 0.6) is 0 Å². The number of rotatable bonds is 7. The molecule has 0 spiro atoms. The van der Waals surface area contributed by atoms with Crippen molar-refractivity contribution in [2.75, 3.05) is 13.2 Å².